The SMILES string of the molecule is CC(O)c1ccnc(-n2nnc3ccccc32)c1. The first-order valence-electron chi connectivity index (χ1n) is 5.70. The van der Waals surface area contributed by atoms with Crippen LogP contribution in [0.3, 0.4) is 0 Å². The minimum absolute atomic E-state index is 0.526. The molecule has 3 rings (SSSR count). The molecule has 0 aliphatic heterocycles. The van der Waals surface area contributed by atoms with Crippen molar-refractivity contribution < 1.29 is 5.11 Å². The number of nitrogens with zero attached hydrogens (tertiary/aromatic N) is 4. The summed E-state index contributed by atoms with van der Waals surface area (Å²) in [5, 5.41) is 17.8. The van der Waals surface area contributed by atoms with Crippen molar-refractivity contribution in [3.05, 3.63) is 48.2 Å². The van der Waals surface area contributed by atoms with Crippen molar-refractivity contribution >= 4 is 11.0 Å². The summed E-state index contributed by atoms with van der Waals surface area (Å²) in [6.07, 6.45) is 1.13. The van der Waals surface area contributed by atoms with Gasteiger partial charge in [0.15, 0.2) is 5.82 Å². The number of aliphatic hydroxyl groups is 1. The third kappa shape index (κ3) is 1.74. The summed E-state index contributed by atoms with van der Waals surface area (Å²) in [6, 6.07) is 11.3. The molecule has 1 aromatic carbocycles. The molecule has 0 saturated heterocycles. The van der Waals surface area contributed by atoms with Crippen LogP contribution in [0.1, 0.15) is 18.6 Å². The van der Waals surface area contributed by atoms with Gasteiger partial charge in [0.2, 0.25) is 0 Å². The van der Waals surface area contributed by atoms with Crippen molar-refractivity contribution in [3.8, 4) is 5.82 Å². The minimum Gasteiger partial charge on any atom is -0.389 e. The maximum absolute atomic E-state index is 9.59. The Morgan fingerprint density at radius 1 is 1.22 bits per heavy atom. The van der Waals surface area contributed by atoms with Gasteiger partial charge in [0.05, 0.1) is 11.6 Å². The Hall–Kier alpha value is -2.27. The molecule has 0 radical (unpaired) electrons. The van der Waals surface area contributed by atoms with Crippen molar-refractivity contribution in [2.75, 3.05) is 0 Å². The lowest BCUT2D eigenvalue weighted by Gasteiger charge is -2.06. The van der Waals surface area contributed by atoms with Crippen LogP contribution in [0.25, 0.3) is 16.9 Å². The molecule has 3 aromatic rings. The highest BCUT2D eigenvalue weighted by Crippen LogP contribution is 2.17. The number of aromatic nitrogens is 4. The van der Waals surface area contributed by atoms with Crippen LogP contribution in [0.5, 0.6) is 0 Å². The second kappa shape index (κ2) is 4.19. The molecule has 0 aliphatic carbocycles. The molecule has 1 atom stereocenters. The molecule has 90 valence electrons. The minimum atomic E-state index is -0.526. The van der Waals surface area contributed by atoms with Gasteiger partial charge in [0, 0.05) is 6.20 Å². The molecule has 0 amide bonds. The Balaban J connectivity index is 2.17. The standard InChI is InChI=1S/C13H12N4O/c1-9(18)10-6-7-14-13(8-10)17-12-5-3-2-4-11(12)15-16-17/h2-9,18H,1H3. The predicted octanol–water partition coefficient (Wildman–Crippen LogP) is 1.87. The molecular weight excluding hydrogens is 228 g/mol. The maximum atomic E-state index is 9.59. The second-order valence-corrected chi connectivity index (χ2v) is 4.11. The molecule has 2 aromatic heterocycles. The number of rotatable bonds is 2. The van der Waals surface area contributed by atoms with E-state index in [2.05, 4.69) is 15.3 Å². The predicted molar refractivity (Wildman–Crippen MR) is 67.3 cm³/mol. The van der Waals surface area contributed by atoms with Gasteiger partial charge in [-0.25, -0.2) is 4.98 Å². The van der Waals surface area contributed by atoms with Gasteiger partial charge in [0.25, 0.3) is 0 Å². The van der Waals surface area contributed by atoms with E-state index < -0.39 is 6.10 Å². The average Bonchev–Trinajstić information content (AvgIpc) is 2.82. The summed E-state index contributed by atoms with van der Waals surface area (Å²) < 4.78 is 1.67. The van der Waals surface area contributed by atoms with Crippen LogP contribution >= 0.6 is 0 Å². The fourth-order valence-corrected chi connectivity index (χ4v) is 1.85. The summed E-state index contributed by atoms with van der Waals surface area (Å²) >= 11 is 0. The van der Waals surface area contributed by atoms with Crippen molar-refractivity contribution in [2.45, 2.75) is 13.0 Å². The number of fused-ring (bicyclic) bond motifs is 1. The Bertz CT molecular complexity index is 690. The first-order valence-corrected chi connectivity index (χ1v) is 5.70. The maximum Gasteiger partial charge on any atom is 0.156 e. The van der Waals surface area contributed by atoms with E-state index in [1.165, 1.54) is 0 Å². The van der Waals surface area contributed by atoms with E-state index in [1.54, 1.807) is 23.9 Å². The highest BCUT2D eigenvalue weighted by molar-refractivity contribution is 5.75. The Labute approximate surface area is 104 Å². The van der Waals surface area contributed by atoms with Crippen LogP contribution in [0.15, 0.2) is 42.6 Å². The van der Waals surface area contributed by atoms with E-state index in [1.807, 2.05) is 30.3 Å². The van der Waals surface area contributed by atoms with Gasteiger partial charge >= 0.3 is 0 Å². The van der Waals surface area contributed by atoms with Gasteiger partial charge in [-0.3, -0.25) is 0 Å². The van der Waals surface area contributed by atoms with Crippen molar-refractivity contribution in [1.29, 1.82) is 0 Å². The summed E-state index contributed by atoms with van der Waals surface area (Å²) in [6.45, 7) is 1.72. The van der Waals surface area contributed by atoms with Crippen LogP contribution < -0.4 is 0 Å². The summed E-state index contributed by atoms with van der Waals surface area (Å²) in [5.41, 5.74) is 2.52. The first-order chi connectivity index (χ1) is 8.75. The molecule has 1 unspecified atom stereocenters. The fraction of sp³-hybridized carbons (Fsp3) is 0.154. The lowest BCUT2D eigenvalue weighted by atomic mass is 10.2. The first kappa shape index (κ1) is 10.9. The fourth-order valence-electron chi connectivity index (χ4n) is 1.85. The molecule has 2 heterocycles. The van der Waals surface area contributed by atoms with Gasteiger partial charge in [-0.1, -0.05) is 17.3 Å². The molecule has 5 nitrogen and oxygen atoms in total. The lowest BCUT2D eigenvalue weighted by molar-refractivity contribution is 0.199. The van der Waals surface area contributed by atoms with Crippen LogP contribution in [-0.2, 0) is 0 Å². The summed E-state index contributed by atoms with van der Waals surface area (Å²) in [4.78, 5) is 4.26. The van der Waals surface area contributed by atoms with Crippen molar-refractivity contribution in [2.24, 2.45) is 0 Å². The molecule has 1 N–H and O–H groups in total. The summed E-state index contributed by atoms with van der Waals surface area (Å²) in [7, 11) is 0. The van der Waals surface area contributed by atoms with Crippen LogP contribution in [0, 0.1) is 0 Å². The largest absolute Gasteiger partial charge is 0.389 e. The lowest BCUT2D eigenvalue weighted by Crippen LogP contribution is -2.01. The molecule has 0 aliphatic rings. The van der Waals surface area contributed by atoms with E-state index >= 15 is 0 Å². The Morgan fingerprint density at radius 3 is 2.89 bits per heavy atom. The quantitative estimate of drug-likeness (QED) is 0.742. The second-order valence-electron chi connectivity index (χ2n) is 4.11. The molecule has 5 heteroatoms. The monoisotopic (exact) mass is 240 g/mol. The Morgan fingerprint density at radius 2 is 2.06 bits per heavy atom. The highest BCUT2D eigenvalue weighted by atomic mass is 16.3. The topological polar surface area (TPSA) is 63.8 Å². The summed E-state index contributed by atoms with van der Waals surface area (Å²) in [5.74, 6) is 0.655. The zero-order valence-corrected chi connectivity index (χ0v) is 9.85. The number of pyridine rings is 1. The van der Waals surface area contributed by atoms with E-state index in [0.29, 0.717) is 5.82 Å². The van der Waals surface area contributed by atoms with E-state index in [-0.39, 0.29) is 0 Å². The zero-order valence-electron chi connectivity index (χ0n) is 9.85. The van der Waals surface area contributed by atoms with E-state index in [4.69, 9.17) is 0 Å². The van der Waals surface area contributed by atoms with Crippen LogP contribution in [0.4, 0.5) is 0 Å². The van der Waals surface area contributed by atoms with Gasteiger partial charge in [0.1, 0.15) is 5.52 Å². The molecule has 18 heavy (non-hydrogen) atoms. The van der Waals surface area contributed by atoms with E-state index in [9.17, 15) is 5.11 Å². The molecule has 0 bridgehead atoms. The van der Waals surface area contributed by atoms with Crippen LogP contribution in [-0.4, -0.2) is 25.1 Å². The number of hydrogen-bond acceptors (Lipinski definition) is 4. The van der Waals surface area contributed by atoms with Crippen LogP contribution in [0.2, 0.25) is 0 Å². The van der Waals surface area contributed by atoms with Gasteiger partial charge in [-0.2, -0.15) is 4.68 Å². The van der Waals surface area contributed by atoms with Gasteiger partial charge in [-0.05, 0) is 36.8 Å². The number of hydrogen-bond donors (Lipinski definition) is 1. The smallest absolute Gasteiger partial charge is 0.156 e. The van der Waals surface area contributed by atoms with E-state index in [0.717, 1.165) is 16.6 Å². The van der Waals surface area contributed by atoms with Crippen molar-refractivity contribution in [1.82, 2.24) is 20.0 Å². The molecular formula is C13H12N4O. The van der Waals surface area contributed by atoms with Gasteiger partial charge < -0.3 is 5.11 Å². The zero-order chi connectivity index (χ0) is 12.5. The van der Waals surface area contributed by atoms with Crippen molar-refractivity contribution in [3.63, 3.8) is 0 Å². The highest BCUT2D eigenvalue weighted by Gasteiger charge is 2.08. The van der Waals surface area contributed by atoms with Gasteiger partial charge in [-0.15, -0.1) is 5.10 Å². The Kier molecular flexibility index (Phi) is 2.53. The normalized spacial score (nSPS) is 12.8. The number of benzene rings is 1. The molecule has 0 fully saturated rings. The third-order valence-electron chi connectivity index (χ3n) is 2.82. The third-order valence-corrected chi connectivity index (χ3v) is 2.82. The number of aliphatic hydroxyl groups excluding tert-OH is 1. The average molecular weight is 240 g/mol. The molecule has 0 saturated carbocycles. The number of para-hydroxylation sites is 1. The molecule has 0 spiro atoms.